The summed E-state index contributed by atoms with van der Waals surface area (Å²) in [4.78, 5) is 10.2. The van der Waals surface area contributed by atoms with Gasteiger partial charge in [-0.3, -0.25) is 10.1 Å². The summed E-state index contributed by atoms with van der Waals surface area (Å²) >= 11 is 0. The van der Waals surface area contributed by atoms with Gasteiger partial charge in [-0.1, -0.05) is 6.08 Å². The minimum absolute atomic E-state index is 0.0820. The number of nitro groups is 1. The van der Waals surface area contributed by atoms with Crippen molar-refractivity contribution in [2.45, 2.75) is 13.0 Å². The van der Waals surface area contributed by atoms with Crippen LogP contribution in [0.3, 0.4) is 0 Å². The first-order valence-corrected chi connectivity index (χ1v) is 5.97. The van der Waals surface area contributed by atoms with Crippen molar-refractivity contribution in [3.05, 3.63) is 52.3 Å². The fraction of sp³-hybridized carbons (Fsp3) is 0.385. The number of ether oxygens (including phenoxy) is 1. The molecule has 0 aliphatic carbocycles. The Balaban J connectivity index is 2.38. The van der Waals surface area contributed by atoms with E-state index < -0.39 is 10.7 Å². The van der Waals surface area contributed by atoms with E-state index in [0.29, 0.717) is 25.3 Å². The molecule has 104 valence electrons. The van der Waals surface area contributed by atoms with Crippen molar-refractivity contribution in [1.29, 1.82) is 0 Å². The normalized spacial score (nSPS) is 10.4. The topological polar surface area (TPSA) is 64.4 Å². The second kappa shape index (κ2) is 8.34. The van der Waals surface area contributed by atoms with E-state index in [1.807, 2.05) is 0 Å². The molecule has 19 heavy (non-hydrogen) atoms. The Morgan fingerprint density at radius 2 is 2.26 bits per heavy atom. The lowest BCUT2D eigenvalue weighted by molar-refractivity contribution is -0.385. The van der Waals surface area contributed by atoms with Gasteiger partial charge in [-0.15, -0.1) is 6.58 Å². The molecule has 1 aromatic carbocycles. The number of nitro benzene ring substituents is 1. The Kier molecular flexibility index (Phi) is 6.70. The number of hydrogen-bond donors (Lipinski definition) is 1. The van der Waals surface area contributed by atoms with Crippen LogP contribution in [0, 0.1) is 15.9 Å². The fourth-order valence-electron chi connectivity index (χ4n) is 1.51. The summed E-state index contributed by atoms with van der Waals surface area (Å²) in [6, 6.07) is 3.43. The molecule has 0 amide bonds. The highest BCUT2D eigenvalue weighted by Crippen LogP contribution is 2.19. The fourth-order valence-corrected chi connectivity index (χ4v) is 1.51. The minimum Gasteiger partial charge on any atom is -0.380 e. The van der Waals surface area contributed by atoms with E-state index in [9.17, 15) is 14.5 Å². The zero-order valence-corrected chi connectivity index (χ0v) is 10.6. The van der Waals surface area contributed by atoms with E-state index in [-0.39, 0.29) is 12.2 Å². The van der Waals surface area contributed by atoms with Gasteiger partial charge in [0.2, 0.25) is 0 Å². The molecule has 0 aromatic heterocycles. The maximum absolute atomic E-state index is 13.0. The van der Waals surface area contributed by atoms with Gasteiger partial charge < -0.3 is 10.1 Å². The lowest BCUT2D eigenvalue weighted by Gasteiger charge is -2.06. The van der Waals surface area contributed by atoms with Gasteiger partial charge in [0.15, 0.2) is 0 Å². The summed E-state index contributed by atoms with van der Waals surface area (Å²) in [5.74, 6) is -0.482. The van der Waals surface area contributed by atoms with Gasteiger partial charge >= 0.3 is 0 Å². The van der Waals surface area contributed by atoms with Gasteiger partial charge in [-0.25, -0.2) is 4.39 Å². The van der Waals surface area contributed by atoms with Crippen LogP contribution in [0.15, 0.2) is 30.9 Å². The van der Waals surface area contributed by atoms with E-state index >= 15 is 0 Å². The minimum atomic E-state index is -0.517. The average molecular weight is 268 g/mol. The maximum Gasteiger partial charge on any atom is 0.274 e. The second-order valence-corrected chi connectivity index (χ2v) is 3.90. The molecule has 1 rings (SSSR count). The molecule has 5 nitrogen and oxygen atoms in total. The number of benzene rings is 1. The first-order chi connectivity index (χ1) is 9.15. The molecule has 0 unspecified atom stereocenters. The molecule has 0 fully saturated rings. The van der Waals surface area contributed by atoms with Crippen LogP contribution in [0.5, 0.6) is 0 Å². The third-order valence-electron chi connectivity index (χ3n) is 2.44. The Bertz CT molecular complexity index is 438. The maximum atomic E-state index is 13.0. The molecule has 0 heterocycles. The predicted octanol–water partition coefficient (Wildman–Crippen LogP) is 2.42. The summed E-state index contributed by atoms with van der Waals surface area (Å²) < 4.78 is 18.3. The third-order valence-corrected chi connectivity index (χ3v) is 2.44. The van der Waals surface area contributed by atoms with Gasteiger partial charge in [0, 0.05) is 24.7 Å². The van der Waals surface area contributed by atoms with Crippen molar-refractivity contribution >= 4 is 5.69 Å². The van der Waals surface area contributed by atoms with Crippen LogP contribution >= 0.6 is 0 Å². The number of rotatable bonds is 9. The number of hydrogen-bond acceptors (Lipinski definition) is 4. The molecule has 1 aromatic rings. The highest BCUT2D eigenvalue weighted by molar-refractivity contribution is 5.40. The van der Waals surface area contributed by atoms with Crippen molar-refractivity contribution in [3.8, 4) is 0 Å². The molecule has 0 bridgehead atoms. The van der Waals surface area contributed by atoms with Crippen LogP contribution in [-0.2, 0) is 11.3 Å². The van der Waals surface area contributed by atoms with Crippen LogP contribution in [0.2, 0.25) is 0 Å². The highest BCUT2D eigenvalue weighted by atomic mass is 19.1. The standard InChI is InChI=1S/C13H17FN2O3/c1-2-3-7-19-8-6-15-10-11-9-12(14)4-5-13(11)16(17)18/h2,4-5,9,15H,1,3,6-8,10H2. The summed E-state index contributed by atoms with van der Waals surface area (Å²) in [7, 11) is 0. The van der Waals surface area contributed by atoms with E-state index in [0.717, 1.165) is 12.5 Å². The van der Waals surface area contributed by atoms with Gasteiger partial charge in [0.05, 0.1) is 18.1 Å². The molecule has 0 spiro atoms. The first-order valence-electron chi connectivity index (χ1n) is 5.97. The Morgan fingerprint density at radius 3 is 2.95 bits per heavy atom. The third kappa shape index (κ3) is 5.58. The number of halogens is 1. The summed E-state index contributed by atoms with van der Waals surface area (Å²) in [5, 5.41) is 13.7. The van der Waals surface area contributed by atoms with E-state index in [4.69, 9.17) is 4.74 Å². The zero-order chi connectivity index (χ0) is 14.1. The quantitative estimate of drug-likeness (QED) is 0.323. The number of nitrogens with zero attached hydrogens (tertiary/aromatic N) is 1. The Hall–Kier alpha value is -1.79. The molecule has 0 radical (unpaired) electrons. The summed E-state index contributed by atoms with van der Waals surface area (Å²) in [6.45, 7) is 5.45. The van der Waals surface area contributed by atoms with Crippen LogP contribution < -0.4 is 5.32 Å². The summed E-state index contributed by atoms with van der Waals surface area (Å²) in [5.41, 5.74) is 0.248. The molecular formula is C13H17FN2O3. The van der Waals surface area contributed by atoms with E-state index in [2.05, 4.69) is 11.9 Å². The SMILES string of the molecule is C=CCCOCCNCc1cc(F)ccc1[N+](=O)[O-]. The Labute approximate surface area is 111 Å². The van der Waals surface area contributed by atoms with Crippen molar-refractivity contribution in [2.24, 2.45) is 0 Å². The molecule has 6 heteroatoms. The molecule has 0 aliphatic rings. The average Bonchev–Trinajstić information content (AvgIpc) is 2.37. The van der Waals surface area contributed by atoms with Crippen LogP contribution in [0.25, 0.3) is 0 Å². The molecule has 1 N–H and O–H groups in total. The first kappa shape index (κ1) is 15.3. The second-order valence-electron chi connectivity index (χ2n) is 3.90. The van der Waals surface area contributed by atoms with Gasteiger partial charge in [0.1, 0.15) is 5.82 Å². The smallest absolute Gasteiger partial charge is 0.274 e. The largest absolute Gasteiger partial charge is 0.380 e. The van der Waals surface area contributed by atoms with Crippen molar-refractivity contribution in [1.82, 2.24) is 5.32 Å². The van der Waals surface area contributed by atoms with Gasteiger partial charge in [0.25, 0.3) is 5.69 Å². The van der Waals surface area contributed by atoms with Gasteiger partial charge in [-0.05, 0) is 18.6 Å². The monoisotopic (exact) mass is 268 g/mol. The number of nitrogens with one attached hydrogen (secondary N) is 1. The predicted molar refractivity (Wildman–Crippen MR) is 70.4 cm³/mol. The van der Waals surface area contributed by atoms with Crippen LogP contribution in [-0.4, -0.2) is 24.7 Å². The van der Waals surface area contributed by atoms with Crippen LogP contribution in [0.1, 0.15) is 12.0 Å². The molecular weight excluding hydrogens is 251 g/mol. The zero-order valence-electron chi connectivity index (χ0n) is 10.6. The molecule has 0 saturated heterocycles. The molecule has 0 aliphatic heterocycles. The van der Waals surface area contributed by atoms with E-state index in [1.165, 1.54) is 12.1 Å². The van der Waals surface area contributed by atoms with Crippen LogP contribution in [0.4, 0.5) is 10.1 Å². The highest BCUT2D eigenvalue weighted by Gasteiger charge is 2.13. The lowest BCUT2D eigenvalue weighted by atomic mass is 10.1. The Morgan fingerprint density at radius 1 is 1.47 bits per heavy atom. The van der Waals surface area contributed by atoms with Crippen molar-refractivity contribution in [2.75, 3.05) is 19.8 Å². The van der Waals surface area contributed by atoms with Gasteiger partial charge in [-0.2, -0.15) is 0 Å². The molecule has 0 saturated carbocycles. The molecule has 0 atom stereocenters. The van der Waals surface area contributed by atoms with E-state index in [1.54, 1.807) is 6.08 Å². The lowest BCUT2D eigenvalue weighted by Crippen LogP contribution is -2.20. The van der Waals surface area contributed by atoms with Crippen molar-refractivity contribution < 1.29 is 14.1 Å². The van der Waals surface area contributed by atoms with Crippen molar-refractivity contribution in [3.63, 3.8) is 0 Å². The summed E-state index contributed by atoms with van der Waals surface area (Å²) in [6.07, 6.45) is 2.55.